The molecule has 2 rings (SSSR count). The van der Waals surface area contributed by atoms with E-state index in [1.165, 1.54) is 12.1 Å². The molecule has 3 unspecified atom stereocenters. The molecule has 0 amide bonds. The number of hydrogen-bond donors (Lipinski definition) is 1. The molecule has 1 aliphatic rings. The molecule has 1 aromatic rings. The van der Waals surface area contributed by atoms with Gasteiger partial charge in [-0.2, -0.15) is 5.10 Å². The number of aryl methyl sites for hydroxylation is 2. The second kappa shape index (κ2) is 5.65. The highest BCUT2D eigenvalue weighted by atomic mass is 16.5. The lowest BCUT2D eigenvalue weighted by Crippen LogP contribution is -2.34. The lowest BCUT2D eigenvalue weighted by molar-refractivity contribution is 0.116. The zero-order valence-electron chi connectivity index (χ0n) is 11.0. The quantitative estimate of drug-likeness (QED) is 0.840. The summed E-state index contributed by atoms with van der Waals surface area (Å²) in [5.41, 5.74) is 1.30. The summed E-state index contributed by atoms with van der Waals surface area (Å²) in [5, 5.41) is 7.64. The first-order chi connectivity index (χ1) is 8.20. The predicted molar refractivity (Wildman–Crippen MR) is 67.9 cm³/mol. The Morgan fingerprint density at radius 2 is 2.47 bits per heavy atom. The molecule has 1 aliphatic heterocycles. The van der Waals surface area contributed by atoms with Crippen LogP contribution in [0, 0.1) is 5.92 Å². The third-order valence-electron chi connectivity index (χ3n) is 3.80. The highest BCUT2D eigenvalue weighted by Crippen LogP contribution is 2.24. The Hall–Kier alpha value is -0.870. The first kappa shape index (κ1) is 12.6. The Labute approximate surface area is 103 Å². The Morgan fingerprint density at radius 1 is 1.65 bits per heavy atom. The van der Waals surface area contributed by atoms with Gasteiger partial charge in [0.05, 0.1) is 12.7 Å². The summed E-state index contributed by atoms with van der Waals surface area (Å²) in [4.78, 5) is 0. The van der Waals surface area contributed by atoms with Crippen LogP contribution in [-0.2, 0) is 18.2 Å². The minimum Gasteiger partial charge on any atom is -0.378 e. The highest BCUT2D eigenvalue weighted by Gasteiger charge is 2.28. The van der Waals surface area contributed by atoms with Crippen LogP contribution >= 0.6 is 0 Å². The van der Waals surface area contributed by atoms with Crippen LogP contribution in [0.25, 0.3) is 0 Å². The summed E-state index contributed by atoms with van der Waals surface area (Å²) in [5.74, 6) is 0.656. The van der Waals surface area contributed by atoms with Gasteiger partial charge in [0.1, 0.15) is 0 Å². The van der Waals surface area contributed by atoms with Crippen LogP contribution in [0.4, 0.5) is 0 Å². The molecule has 0 radical (unpaired) electrons. The van der Waals surface area contributed by atoms with E-state index in [2.05, 4.69) is 30.5 Å². The number of hydrogen-bond acceptors (Lipinski definition) is 3. The molecule has 1 saturated heterocycles. The second-order valence-corrected chi connectivity index (χ2v) is 5.02. The largest absolute Gasteiger partial charge is 0.378 e. The van der Waals surface area contributed by atoms with Crippen molar-refractivity contribution in [2.45, 2.75) is 38.3 Å². The van der Waals surface area contributed by atoms with Gasteiger partial charge in [-0.1, -0.05) is 0 Å². The molecule has 96 valence electrons. The van der Waals surface area contributed by atoms with E-state index in [1.807, 2.05) is 17.9 Å². The van der Waals surface area contributed by atoms with Crippen molar-refractivity contribution < 1.29 is 4.74 Å². The number of rotatable bonds is 5. The van der Waals surface area contributed by atoms with Crippen molar-refractivity contribution in [3.05, 3.63) is 18.0 Å². The van der Waals surface area contributed by atoms with Crippen molar-refractivity contribution in [3.63, 3.8) is 0 Å². The normalized spacial score (nSPS) is 26.3. The van der Waals surface area contributed by atoms with Gasteiger partial charge in [-0.15, -0.1) is 0 Å². The highest BCUT2D eigenvalue weighted by molar-refractivity contribution is 5.00. The van der Waals surface area contributed by atoms with Crippen LogP contribution in [0.1, 0.15) is 25.5 Å². The second-order valence-electron chi connectivity index (χ2n) is 5.02. The molecular formula is C13H23N3O. The van der Waals surface area contributed by atoms with E-state index in [0.717, 1.165) is 19.4 Å². The van der Waals surface area contributed by atoms with Crippen LogP contribution in [0.3, 0.4) is 0 Å². The third kappa shape index (κ3) is 3.07. The molecule has 1 N–H and O–H groups in total. The molecule has 0 bridgehead atoms. The van der Waals surface area contributed by atoms with Gasteiger partial charge in [0.15, 0.2) is 0 Å². The van der Waals surface area contributed by atoms with Crippen molar-refractivity contribution >= 4 is 0 Å². The molecule has 0 aromatic carbocycles. The molecule has 1 aromatic heterocycles. The molecule has 3 atom stereocenters. The summed E-state index contributed by atoms with van der Waals surface area (Å²) in [6.07, 6.45) is 5.69. The van der Waals surface area contributed by atoms with Gasteiger partial charge in [-0.3, -0.25) is 4.68 Å². The third-order valence-corrected chi connectivity index (χ3v) is 3.80. The lowest BCUT2D eigenvalue weighted by Gasteiger charge is -2.21. The van der Waals surface area contributed by atoms with E-state index in [0.29, 0.717) is 18.1 Å². The summed E-state index contributed by atoms with van der Waals surface area (Å²) in [6.45, 7) is 3.06. The summed E-state index contributed by atoms with van der Waals surface area (Å²) < 4.78 is 7.61. The van der Waals surface area contributed by atoms with Gasteiger partial charge >= 0.3 is 0 Å². The lowest BCUT2D eigenvalue weighted by atomic mass is 9.93. The van der Waals surface area contributed by atoms with Crippen LogP contribution in [0.5, 0.6) is 0 Å². The zero-order valence-corrected chi connectivity index (χ0v) is 11.0. The summed E-state index contributed by atoms with van der Waals surface area (Å²) in [7, 11) is 4.06. The maximum absolute atomic E-state index is 5.65. The Bertz CT molecular complexity index is 350. The van der Waals surface area contributed by atoms with Crippen LogP contribution in [-0.4, -0.2) is 35.6 Å². The fourth-order valence-electron chi connectivity index (χ4n) is 2.70. The van der Waals surface area contributed by atoms with E-state index in [9.17, 15) is 0 Å². The van der Waals surface area contributed by atoms with Gasteiger partial charge in [-0.05, 0) is 39.3 Å². The molecule has 4 heteroatoms. The maximum atomic E-state index is 5.65. The van der Waals surface area contributed by atoms with Crippen LogP contribution in [0.15, 0.2) is 12.3 Å². The minimum atomic E-state index is 0.424. The Morgan fingerprint density at radius 3 is 3.00 bits per heavy atom. The van der Waals surface area contributed by atoms with Gasteiger partial charge in [-0.25, -0.2) is 0 Å². The van der Waals surface area contributed by atoms with Crippen LogP contribution < -0.4 is 5.32 Å². The SMILES string of the molecule is CNC(CCc1ccnn1C)C1COC(C)C1. The molecule has 2 heterocycles. The summed E-state index contributed by atoms with van der Waals surface area (Å²) in [6, 6.07) is 2.65. The molecule has 0 saturated carbocycles. The van der Waals surface area contributed by atoms with Gasteiger partial charge < -0.3 is 10.1 Å². The fourth-order valence-corrected chi connectivity index (χ4v) is 2.70. The number of nitrogens with one attached hydrogen (secondary N) is 1. The van der Waals surface area contributed by atoms with E-state index in [4.69, 9.17) is 4.74 Å². The molecule has 4 nitrogen and oxygen atoms in total. The Balaban J connectivity index is 1.86. The van der Waals surface area contributed by atoms with E-state index >= 15 is 0 Å². The average molecular weight is 237 g/mol. The van der Waals surface area contributed by atoms with Gasteiger partial charge in [0.25, 0.3) is 0 Å². The smallest absolute Gasteiger partial charge is 0.0551 e. The van der Waals surface area contributed by atoms with Crippen molar-refractivity contribution in [3.8, 4) is 0 Å². The molecule has 0 spiro atoms. The standard InChI is InChI=1S/C13H23N3O/c1-10-8-11(9-17-10)13(14-2)5-4-12-6-7-15-16(12)3/h6-7,10-11,13-14H,4-5,8-9H2,1-3H3. The zero-order chi connectivity index (χ0) is 12.3. The maximum Gasteiger partial charge on any atom is 0.0551 e. The summed E-state index contributed by atoms with van der Waals surface area (Å²) >= 11 is 0. The van der Waals surface area contributed by atoms with Crippen molar-refractivity contribution in [1.29, 1.82) is 0 Å². The van der Waals surface area contributed by atoms with Gasteiger partial charge in [0.2, 0.25) is 0 Å². The average Bonchev–Trinajstić information content (AvgIpc) is 2.90. The van der Waals surface area contributed by atoms with E-state index < -0.39 is 0 Å². The molecule has 0 aliphatic carbocycles. The first-order valence-corrected chi connectivity index (χ1v) is 6.46. The number of nitrogens with zero attached hydrogens (tertiary/aromatic N) is 2. The number of ether oxygens (including phenoxy) is 1. The van der Waals surface area contributed by atoms with E-state index in [-0.39, 0.29) is 0 Å². The first-order valence-electron chi connectivity index (χ1n) is 6.46. The topological polar surface area (TPSA) is 39.1 Å². The van der Waals surface area contributed by atoms with Crippen molar-refractivity contribution in [2.75, 3.05) is 13.7 Å². The molecular weight excluding hydrogens is 214 g/mol. The Kier molecular flexibility index (Phi) is 4.18. The predicted octanol–water partition coefficient (Wildman–Crippen LogP) is 1.37. The van der Waals surface area contributed by atoms with Gasteiger partial charge in [0, 0.05) is 30.9 Å². The van der Waals surface area contributed by atoms with Crippen LogP contribution in [0.2, 0.25) is 0 Å². The minimum absolute atomic E-state index is 0.424. The fraction of sp³-hybridized carbons (Fsp3) is 0.769. The molecule has 1 fully saturated rings. The van der Waals surface area contributed by atoms with Crippen molar-refractivity contribution in [1.82, 2.24) is 15.1 Å². The van der Waals surface area contributed by atoms with E-state index in [1.54, 1.807) is 0 Å². The number of aromatic nitrogens is 2. The monoisotopic (exact) mass is 237 g/mol. The molecule has 17 heavy (non-hydrogen) atoms. The van der Waals surface area contributed by atoms with Crippen molar-refractivity contribution in [2.24, 2.45) is 13.0 Å².